The third-order valence-electron chi connectivity index (χ3n) is 5.17. The Morgan fingerprint density at radius 2 is 1.96 bits per heavy atom. The van der Waals surface area contributed by atoms with Crippen molar-refractivity contribution in [1.82, 2.24) is 0 Å². The van der Waals surface area contributed by atoms with Gasteiger partial charge < -0.3 is 47.4 Å². The molecule has 2 aromatic rings. The van der Waals surface area contributed by atoms with Gasteiger partial charge in [0.25, 0.3) is 0 Å². The molecule has 2 aliphatic heterocycles. The van der Waals surface area contributed by atoms with Crippen LogP contribution in [-0.4, -0.2) is 45.6 Å². The van der Waals surface area contributed by atoms with Crippen molar-refractivity contribution in [2.24, 2.45) is 0 Å². The largest absolute Gasteiger partial charge is 1.00 e. The van der Waals surface area contributed by atoms with Crippen LogP contribution in [0.3, 0.4) is 0 Å². The van der Waals surface area contributed by atoms with E-state index in [1.54, 1.807) is 7.11 Å². The SMILES string of the molecule is COc1c2c(cc3c1C(C#CCOc1ccccc1)[N+](C)(C)CC3)OCO2.[I-]. The lowest BCUT2D eigenvalue weighted by Crippen LogP contribution is -3.00. The topological polar surface area (TPSA) is 36.9 Å². The first kappa shape index (κ1) is 20.6. The number of halogens is 1. The highest BCUT2D eigenvalue weighted by atomic mass is 127. The van der Waals surface area contributed by atoms with Crippen LogP contribution in [-0.2, 0) is 6.42 Å². The molecule has 0 spiro atoms. The zero-order chi connectivity index (χ0) is 18.9. The minimum atomic E-state index is -0.0161. The molecular weight excluding hydrogens is 469 g/mol. The molecule has 0 fully saturated rings. The predicted molar refractivity (Wildman–Crippen MR) is 102 cm³/mol. The molecule has 0 saturated heterocycles. The molecule has 5 nitrogen and oxygen atoms in total. The maximum Gasteiger partial charge on any atom is 0.231 e. The van der Waals surface area contributed by atoms with Gasteiger partial charge in [-0.3, -0.25) is 0 Å². The van der Waals surface area contributed by atoms with E-state index in [0.29, 0.717) is 12.4 Å². The zero-order valence-electron chi connectivity index (χ0n) is 16.3. The molecule has 2 aromatic carbocycles. The Kier molecular flexibility index (Phi) is 6.26. The van der Waals surface area contributed by atoms with Gasteiger partial charge in [0, 0.05) is 6.42 Å². The Morgan fingerprint density at radius 3 is 2.71 bits per heavy atom. The number of ether oxygens (including phenoxy) is 4. The van der Waals surface area contributed by atoms with Gasteiger partial charge in [-0.15, -0.1) is 0 Å². The molecule has 1 unspecified atom stereocenters. The van der Waals surface area contributed by atoms with Gasteiger partial charge in [-0.2, -0.15) is 0 Å². The Bertz CT molecular complexity index is 902. The highest BCUT2D eigenvalue weighted by molar-refractivity contribution is 5.62. The van der Waals surface area contributed by atoms with Crippen LogP contribution in [0.15, 0.2) is 36.4 Å². The molecule has 0 aliphatic carbocycles. The molecule has 0 N–H and O–H groups in total. The van der Waals surface area contributed by atoms with Crippen molar-refractivity contribution in [2.45, 2.75) is 12.5 Å². The first-order valence-corrected chi connectivity index (χ1v) is 9.08. The average Bonchev–Trinajstić information content (AvgIpc) is 3.14. The van der Waals surface area contributed by atoms with Crippen molar-refractivity contribution < 1.29 is 47.4 Å². The number of rotatable bonds is 3. The van der Waals surface area contributed by atoms with E-state index in [4.69, 9.17) is 18.9 Å². The van der Waals surface area contributed by atoms with Crippen molar-refractivity contribution in [2.75, 3.05) is 41.1 Å². The molecule has 6 heteroatoms. The van der Waals surface area contributed by atoms with E-state index in [9.17, 15) is 0 Å². The Morgan fingerprint density at radius 1 is 1.18 bits per heavy atom. The normalized spacial score (nSPS) is 18.2. The van der Waals surface area contributed by atoms with Crippen LogP contribution >= 0.6 is 0 Å². The van der Waals surface area contributed by atoms with Crippen LogP contribution in [0.5, 0.6) is 23.0 Å². The summed E-state index contributed by atoms with van der Waals surface area (Å²) in [5.74, 6) is 9.64. The van der Waals surface area contributed by atoms with E-state index < -0.39 is 0 Å². The Balaban J connectivity index is 0.00000225. The second-order valence-corrected chi connectivity index (χ2v) is 7.29. The third kappa shape index (κ3) is 3.87. The van der Waals surface area contributed by atoms with Gasteiger partial charge in [0.05, 0.1) is 33.3 Å². The van der Waals surface area contributed by atoms with Crippen molar-refractivity contribution in [3.63, 3.8) is 0 Å². The Labute approximate surface area is 183 Å². The van der Waals surface area contributed by atoms with Crippen molar-refractivity contribution in [3.05, 3.63) is 47.5 Å². The van der Waals surface area contributed by atoms with Crippen molar-refractivity contribution in [1.29, 1.82) is 0 Å². The van der Waals surface area contributed by atoms with Crippen LogP contribution < -0.4 is 42.9 Å². The summed E-state index contributed by atoms with van der Waals surface area (Å²) in [5.41, 5.74) is 2.32. The number of para-hydroxylation sites is 1. The van der Waals surface area contributed by atoms with Gasteiger partial charge in [0.1, 0.15) is 12.4 Å². The summed E-state index contributed by atoms with van der Waals surface area (Å²) in [7, 11) is 6.07. The van der Waals surface area contributed by atoms with Crippen LogP contribution in [0.1, 0.15) is 17.2 Å². The first-order chi connectivity index (χ1) is 13.1. The summed E-state index contributed by atoms with van der Waals surface area (Å²) in [6, 6.07) is 11.8. The van der Waals surface area contributed by atoms with Gasteiger partial charge >= 0.3 is 0 Å². The molecule has 148 valence electrons. The monoisotopic (exact) mass is 493 g/mol. The number of benzene rings is 2. The van der Waals surface area contributed by atoms with Crippen molar-refractivity contribution in [3.8, 4) is 34.8 Å². The third-order valence-corrected chi connectivity index (χ3v) is 5.17. The zero-order valence-corrected chi connectivity index (χ0v) is 18.5. The lowest BCUT2D eigenvalue weighted by Gasteiger charge is -2.40. The number of hydrogen-bond acceptors (Lipinski definition) is 4. The summed E-state index contributed by atoms with van der Waals surface area (Å²) in [5, 5.41) is 0. The minimum absolute atomic E-state index is 0. The van der Waals surface area contributed by atoms with E-state index in [-0.39, 0.29) is 36.8 Å². The standard InChI is InChI=1S/C22H24NO4.HI/c1-23(2)12-11-16-14-19-21(27-15-26-19)22(24-3)20(16)18(23)10-7-13-25-17-8-5-4-6-9-17;/h4-6,8-9,14,18H,11-13,15H2,1-3H3;1H/q+1;/p-1. The fourth-order valence-corrected chi connectivity index (χ4v) is 3.70. The summed E-state index contributed by atoms with van der Waals surface area (Å²) >= 11 is 0. The van der Waals surface area contributed by atoms with Crippen LogP contribution in [0.2, 0.25) is 0 Å². The molecule has 0 amide bonds. The molecule has 28 heavy (non-hydrogen) atoms. The summed E-state index contributed by atoms with van der Waals surface area (Å²) in [4.78, 5) is 0. The number of methoxy groups -OCH3 is 1. The minimum Gasteiger partial charge on any atom is -1.00 e. The highest BCUT2D eigenvalue weighted by Gasteiger charge is 2.40. The van der Waals surface area contributed by atoms with E-state index in [2.05, 4.69) is 32.0 Å². The van der Waals surface area contributed by atoms with Crippen LogP contribution in [0.25, 0.3) is 0 Å². The van der Waals surface area contributed by atoms with Crippen LogP contribution in [0.4, 0.5) is 0 Å². The summed E-state index contributed by atoms with van der Waals surface area (Å²) < 4.78 is 23.5. The molecule has 0 saturated carbocycles. The molecule has 1 atom stereocenters. The lowest BCUT2D eigenvalue weighted by molar-refractivity contribution is -0.914. The van der Waals surface area contributed by atoms with E-state index in [1.807, 2.05) is 30.3 Å². The van der Waals surface area contributed by atoms with Gasteiger partial charge in [-0.05, 0) is 29.7 Å². The van der Waals surface area contributed by atoms with E-state index >= 15 is 0 Å². The van der Waals surface area contributed by atoms with Crippen molar-refractivity contribution >= 4 is 0 Å². The molecule has 2 aliphatic rings. The molecule has 2 heterocycles. The lowest BCUT2D eigenvalue weighted by atomic mass is 9.89. The average molecular weight is 493 g/mol. The maximum absolute atomic E-state index is 5.74. The molecular formula is C22H24INO4. The van der Waals surface area contributed by atoms with E-state index in [0.717, 1.165) is 40.3 Å². The predicted octanol–water partition coefficient (Wildman–Crippen LogP) is 0.184. The second-order valence-electron chi connectivity index (χ2n) is 7.29. The van der Waals surface area contributed by atoms with Gasteiger partial charge in [-0.25, -0.2) is 0 Å². The number of nitrogens with zero attached hydrogens (tertiary/aromatic N) is 1. The maximum atomic E-state index is 5.74. The van der Waals surface area contributed by atoms with Crippen LogP contribution in [0, 0.1) is 11.8 Å². The van der Waals surface area contributed by atoms with Gasteiger partial charge in [-0.1, -0.05) is 24.1 Å². The summed E-state index contributed by atoms with van der Waals surface area (Å²) in [6.07, 6.45) is 0.952. The number of likely N-dealkylation sites (N-methyl/N-ethyl adjacent to an activating group) is 1. The second kappa shape index (κ2) is 8.50. The molecule has 0 radical (unpaired) electrons. The number of quaternary nitrogens is 1. The fourth-order valence-electron chi connectivity index (χ4n) is 3.70. The quantitative estimate of drug-likeness (QED) is 0.348. The molecule has 0 bridgehead atoms. The smallest absolute Gasteiger partial charge is 0.231 e. The molecule has 4 rings (SSSR count). The summed E-state index contributed by atoms with van der Waals surface area (Å²) in [6.45, 7) is 1.57. The highest BCUT2D eigenvalue weighted by Crippen LogP contribution is 2.50. The van der Waals surface area contributed by atoms with E-state index in [1.165, 1.54) is 5.56 Å². The van der Waals surface area contributed by atoms with Gasteiger partial charge in [0.2, 0.25) is 12.5 Å². The van der Waals surface area contributed by atoms with Gasteiger partial charge in [0.15, 0.2) is 17.5 Å². The molecule has 0 aromatic heterocycles. The number of hydrogen-bond donors (Lipinski definition) is 0. The Hall–Kier alpha value is -2.11. The first-order valence-electron chi connectivity index (χ1n) is 9.08. The number of fused-ring (bicyclic) bond motifs is 2. The fraction of sp³-hybridized carbons (Fsp3) is 0.364.